The highest BCUT2D eigenvalue weighted by molar-refractivity contribution is 6.06. The average Bonchev–Trinajstić information content (AvgIpc) is 2.47. The van der Waals surface area contributed by atoms with Crippen LogP contribution in [-0.4, -0.2) is 30.1 Å². The first kappa shape index (κ1) is 15.8. The van der Waals surface area contributed by atoms with Crippen LogP contribution in [-0.2, 0) is 0 Å². The Balaban J connectivity index is 2.20. The van der Waals surface area contributed by atoms with E-state index in [2.05, 4.69) is 10.3 Å². The number of aromatic hydroxyl groups is 1. The molecule has 1 heterocycles. The second-order valence-corrected chi connectivity index (χ2v) is 5.68. The predicted molar refractivity (Wildman–Crippen MR) is 88.7 cm³/mol. The molecule has 1 aromatic heterocycles. The Morgan fingerprint density at radius 1 is 1.23 bits per heavy atom. The van der Waals surface area contributed by atoms with Gasteiger partial charge in [0.2, 0.25) is 0 Å². The minimum Gasteiger partial charge on any atom is -0.507 e. The number of rotatable bonds is 4. The topological polar surface area (TPSA) is 65.5 Å². The number of benzene rings is 1. The number of phenols is 1. The van der Waals surface area contributed by atoms with Gasteiger partial charge >= 0.3 is 0 Å². The monoisotopic (exact) mass is 299 g/mol. The molecule has 0 atom stereocenters. The summed E-state index contributed by atoms with van der Waals surface area (Å²) in [5.41, 5.74) is 1.86. The van der Waals surface area contributed by atoms with Crippen LogP contribution in [0.2, 0.25) is 0 Å². The van der Waals surface area contributed by atoms with Crippen molar-refractivity contribution in [2.75, 3.05) is 24.3 Å². The second kappa shape index (κ2) is 6.47. The number of carbonyl (C=O) groups is 1. The van der Waals surface area contributed by atoms with Gasteiger partial charge < -0.3 is 15.3 Å². The molecule has 0 bridgehead atoms. The molecule has 5 heteroatoms. The van der Waals surface area contributed by atoms with E-state index in [0.717, 1.165) is 11.4 Å². The van der Waals surface area contributed by atoms with Gasteiger partial charge in [-0.2, -0.15) is 0 Å². The van der Waals surface area contributed by atoms with Crippen LogP contribution in [0.25, 0.3) is 0 Å². The Hall–Kier alpha value is -2.56. The van der Waals surface area contributed by atoms with Gasteiger partial charge in [-0.15, -0.1) is 0 Å². The zero-order valence-electron chi connectivity index (χ0n) is 13.3. The number of nitrogens with zero attached hydrogens (tertiary/aromatic N) is 2. The molecule has 5 nitrogen and oxygen atoms in total. The maximum atomic E-state index is 12.3. The smallest absolute Gasteiger partial charge is 0.259 e. The van der Waals surface area contributed by atoms with Gasteiger partial charge in [0.1, 0.15) is 11.6 Å². The fourth-order valence-corrected chi connectivity index (χ4v) is 2.02. The molecule has 0 saturated heterocycles. The van der Waals surface area contributed by atoms with Crippen LogP contribution in [0, 0.1) is 0 Å². The lowest BCUT2D eigenvalue weighted by Crippen LogP contribution is -2.14. The summed E-state index contributed by atoms with van der Waals surface area (Å²) in [6, 6.07) is 8.70. The molecule has 2 aromatic rings. The van der Waals surface area contributed by atoms with Crippen molar-refractivity contribution in [3.8, 4) is 5.75 Å². The van der Waals surface area contributed by atoms with Gasteiger partial charge in [-0.3, -0.25) is 4.79 Å². The number of hydrogen-bond donors (Lipinski definition) is 2. The SMILES string of the molecule is CC(C)c1ccc(O)c(C(=O)Nc2ccc(N(C)C)nc2)c1. The van der Waals surface area contributed by atoms with E-state index in [1.807, 2.05) is 45.0 Å². The number of phenolic OH excluding ortho intramolecular Hbond substituents is 1. The van der Waals surface area contributed by atoms with Gasteiger partial charge in [0.25, 0.3) is 5.91 Å². The number of aromatic nitrogens is 1. The molecule has 1 amide bonds. The quantitative estimate of drug-likeness (QED) is 0.909. The number of hydrogen-bond acceptors (Lipinski definition) is 4. The Morgan fingerprint density at radius 2 is 1.95 bits per heavy atom. The van der Waals surface area contributed by atoms with E-state index in [-0.39, 0.29) is 23.1 Å². The first-order valence-corrected chi connectivity index (χ1v) is 7.16. The third-order valence-electron chi connectivity index (χ3n) is 3.40. The van der Waals surface area contributed by atoms with E-state index >= 15 is 0 Å². The van der Waals surface area contributed by atoms with Gasteiger partial charge in [0, 0.05) is 14.1 Å². The van der Waals surface area contributed by atoms with E-state index in [1.54, 1.807) is 24.4 Å². The molecule has 0 aliphatic carbocycles. The Morgan fingerprint density at radius 3 is 2.50 bits per heavy atom. The first-order chi connectivity index (χ1) is 10.4. The molecule has 0 radical (unpaired) electrons. The average molecular weight is 299 g/mol. The van der Waals surface area contributed by atoms with E-state index in [4.69, 9.17) is 0 Å². The molecule has 0 spiro atoms. The largest absolute Gasteiger partial charge is 0.507 e. The lowest BCUT2D eigenvalue weighted by Gasteiger charge is -2.13. The molecular weight excluding hydrogens is 278 g/mol. The van der Waals surface area contributed by atoms with Crippen LogP contribution < -0.4 is 10.2 Å². The Labute approximate surface area is 130 Å². The molecule has 0 aliphatic heterocycles. The third-order valence-corrected chi connectivity index (χ3v) is 3.40. The molecule has 0 unspecified atom stereocenters. The lowest BCUT2D eigenvalue weighted by atomic mass is 10.00. The molecular formula is C17H21N3O2. The van der Waals surface area contributed by atoms with Crippen LogP contribution in [0.4, 0.5) is 11.5 Å². The summed E-state index contributed by atoms with van der Waals surface area (Å²) in [6.07, 6.45) is 1.59. The van der Waals surface area contributed by atoms with Crippen LogP contribution >= 0.6 is 0 Å². The van der Waals surface area contributed by atoms with Gasteiger partial charge in [-0.25, -0.2) is 4.98 Å². The van der Waals surface area contributed by atoms with Crippen molar-refractivity contribution in [3.05, 3.63) is 47.7 Å². The van der Waals surface area contributed by atoms with Crippen LogP contribution in [0.5, 0.6) is 5.75 Å². The summed E-state index contributed by atoms with van der Waals surface area (Å²) >= 11 is 0. The number of nitrogens with one attached hydrogen (secondary N) is 1. The van der Waals surface area contributed by atoms with E-state index in [0.29, 0.717) is 5.69 Å². The molecule has 0 fully saturated rings. The molecule has 0 aliphatic rings. The van der Waals surface area contributed by atoms with Gasteiger partial charge in [-0.1, -0.05) is 19.9 Å². The Bertz CT molecular complexity index is 664. The van der Waals surface area contributed by atoms with Crippen molar-refractivity contribution in [2.45, 2.75) is 19.8 Å². The van der Waals surface area contributed by atoms with Crippen molar-refractivity contribution in [3.63, 3.8) is 0 Å². The number of amides is 1. The minimum absolute atomic E-state index is 0.0280. The maximum Gasteiger partial charge on any atom is 0.259 e. The van der Waals surface area contributed by atoms with E-state index in [9.17, 15) is 9.90 Å². The van der Waals surface area contributed by atoms with Crippen molar-refractivity contribution in [1.29, 1.82) is 0 Å². The van der Waals surface area contributed by atoms with Crippen LogP contribution in [0.1, 0.15) is 35.7 Å². The van der Waals surface area contributed by atoms with Crippen LogP contribution in [0.3, 0.4) is 0 Å². The normalized spacial score (nSPS) is 10.6. The second-order valence-electron chi connectivity index (χ2n) is 5.68. The van der Waals surface area contributed by atoms with Gasteiger partial charge in [0.05, 0.1) is 17.4 Å². The molecule has 22 heavy (non-hydrogen) atoms. The third kappa shape index (κ3) is 3.55. The predicted octanol–water partition coefficient (Wildman–Crippen LogP) is 3.23. The maximum absolute atomic E-state index is 12.3. The molecule has 2 N–H and O–H groups in total. The van der Waals surface area contributed by atoms with Crippen molar-refractivity contribution in [1.82, 2.24) is 4.98 Å². The van der Waals surface area contributed by atoms with Gasteiger partial charge in [-0.05, 0) is 35.7 Å². The summed E-state index contributed by atoms with van der Waals surface area (Å²) in [4.78, 5) is 18.4. The standard InChI is InChI=1S/C17H21N3O2/c1-11(2)12-5-7-15(21)14(9-12)17(22)19-13-6-8-16(18-10-13)20(3)4/h5-11,21H,1-4H3,(H,19,22). The number of pyridine rings is 1. The number of anilines is 2. The summed E-state index contributed by atoms with van der Waals surface area (Å²) < 4.78 is 0. The van der Waals surface area contributed by atoms with Gasteiger partial charge in [0.15, 0.2) is 0 Å². The zero-order chi connectivity index (χ0) is 16.3. The number of carbonyl (C=O) groups excluding carboxylic acids is 1. The van der Waals surface area contributed by atoms with E-state index in [1.165, 1.54) is 0 Å². The molecule has 2 rings (SSSR count). The highest BCUT2D eigenvalue weighted by Crippen LogP contribution is 2.24. The van der Waals surface area contributed by atoms with Crippen LogP contribution in [0.15, 0.2) is 36.5 Å². The minimum atomic E-state index is -0.348. The summed E-state index contributed by atoms with van der Waals surface area (Å²) in [5, 5.41) is 12.7. The van der Waals surface area contributed by atoms with E-state index < -0.39 is 0 Å². The fraction of sp³-hybridized carbons (Fsp3) is 0.294. The highest BCUT2D eigenvalue weighted by Gasteiger charge is 2.13. The Kier molecular flexibility index (Phi) is 4.65. The molecule has 1 aromatic carbocycles. The first-order valence-electron chi connectivity index (χ1n) is 7.16. The van der Waals surface area contributed by atoms with Crippen molar-refractivity contribution in [2.24, 2.45) is 0 Å². The lowest BCUT2D eigenvalue weighted by molar-refractivity contribution is 0.102. The fourth-order valence-electron chi connectivity index (χ4n) is 2.02. The highest BCUT2D eigenvalue weighted by atomic mass is 16.3. The molecule has 0 saturated carbocycles. The summed E-state index contributed by atoms with van der Waals surface area (Å²) in [5.74, 6) is 0.718. The zero-order valence-corrected chi connectivity index (χ0v) is 13.3. The summed E-state index contributed by atoms with van der Waals surface area (Å²) in [6.45, 7) is 4.08. The molecule has 116 valence electrons. The van der Waals surface area contributed by atoms with Crippen molar-refractivity contribution >= 4 is 17.4 Å². The summed E-state index contributed by atoms with van der Waals surface area (Å²) in [7, 11) is 3.80. The van der Waals surface area contributed by atoms with Crippen molar-refractivity contribution < 1.29 is 9.90 Å².